The molecule has 0 saturated heterocycles. The number of benzene rings is 2. The topological polar surface area (TPSA) is 96.6 Å². The van der Waals surface area contributed by atoms with Gasteiger partial charge in [-0.25, -0.2) is 5.43 Å². The van der Waals surface area contributed by atoms with E-state index in [4.69, 9.17) is 0 Å². The highest BCUT2D eigenvalue weighted by Crippen LogP contribution is 2.11. The molecule has 0 aliphatic carbocycles. The van der Waals surface area contributed by atoms with Crippen molar-refractivity contribution in [1.82, 2.24) is 5.43 Å². The smallest absolute Gasteiger partial charge is 0.269 e. The van der Waals surface area contributed by atoms with Crippen LogP contribution in [0.5, 0.6) is 0 Å². The summed E-state index contributed by atoms with van der Waals surface area (Å²) in [6.07, 6.45) is 1.43. The molecule has 2 rings (SSSR count). The minimum atomic E-state index is -0.471. The van der Waals surface area contributed by atoms with E-state index in [0.29, 0.717) is 5.56 Å². The van der Waals surface area contributed by atoms with Crippen LogP contribution < -0.4 is 10.7 Å². The van der Waals surface area contributed by atoms with Gasteiger partial charge in [0.2, 0.25) is 0 Å². The zero-order valence-corrected chi connectivity index (χ0v) is 13.4. The Morgan fingerprint density at radius 3 is 2.38 bits per heavy atom. The molecule has 0 aliphatic rings. The standard InChI is InChI=1S/C17H18N4O3/c1-12-3-7-15(8-4-12)19-13(2)17(22)20-18-11-14-5-9-16(10-6-14)21(23)24/h3-11,13,19H,1-2H3,(H,20,22)/b18-11+. The van der Waals surface area contributed by atoms with E-state index in [9.17, 15) is 14.9 Å². The van der Waals surface area contributed by atoms with E-state index >= 15 is 0 Å². The highest BCUT2D eigenvalue weighted by molar-refractivity contribution is 5.86. The van der Waals surface area contributed by atoms with E-state index in [0.717, 1.165) is 11.3 Å². The fourth-order valence-corrected chi connectivity index (χ4v) is 1.91. The molecule has 7 nitrogen and oxygen atoms in total. The third-order valence-corrected chi connectivity index (χ3v) is 3.32. The predicted octanol–water partition coefficient (Wildman–Crippen LogP) is 2.85. The van der Waals surface area contributed by atoms with E-state index in [-0.39, 0.29) is 11.6 Å². The number of aryl methyl sites for hydroxylation is 1. The van der Waals surface area contributed by atoms with E-state index in [1.54, 1.807) is 19.1 Å². The molecule has 24 heavy (non-hydrogen) atoms. The number of hydrogen-bond acceptors (Lipinski definition) is 5. The Kier molecular flexibility index (Phi) is 5.62. The molecule has 7 heteroatoms. The Hall–Kier alpha value is -3.22. The number of carbonyl (C=O) groups is 1. The Bertz CT molecular complexity index is 739. The molecule has 0 radical (unpaired) electrons. The average molecular weight is 326 g/mol. The Balaban J connectivity index is 1.87. The Labute approximate surface area is 139 Å². The molecule has 1 amide bonds. The molecule has 2 aromatic carbocycles. The van der Waals surface area contributed by atoms with Crippen LogP contribution in [0.15, 0.2) is 53.6 Å². The summed E-state index contributed by atoms with van der Waals surface area (Å²) in [5.74, 6) is -0.284. The van der Waals surface area contributed by atoms with Crippen molar-refractivity contribution in [3.63, 3.8) is 0 Å². The van der Waals surface area contributed by atoms with Gasteiger partial charge in [0, 0.05) is 17.8 Å². The zero-order chi connectivity index (χ0) is 17.5. The number of nitro groups is 1. The first kappa shape index (κ1) is 17.1. The van der Waals surface area contributed by atoms with Crippen LogP contribution in [0.1, 0.15) is 18.1 Å². The van der Waals surface area contributed by atoms with Crippen molar-refractivity contribution in [3.05, 3.63) is 69.8 Å². The summed E-state index contributed by atoms with van der Waals surface area (Å²) in [5, 5.41) is 17.5. The quantitative estimate of drug-likeness (QED) is 0.484. The Morgan fingerprint density at radius 2 is 1.79 bits per heavy atom. The maximum atomic E-state index is 12.0. The molecular formula is C17H18N4O3. The van der Waals surface area contributed by atoms with Gasteiger partial charge in [0.05, 0.1) is 11.1 Å². The van der Waals surface area contributed by atoms with E-state index in [1.807, 2.05) is 31.2 Å². The lowest BCUT2D eigenvalue weighted by Crippen LogP contribution is -2.34. The molecule has 0 aromatic heterocycles. The molecule has 1 atom stereocenters. The molecule has 2 aromatic rings. The van der Waals surface area contributed by atoms with Crippen LogP contribution in [-0.2, 0) is 4.79 Å². The highest BCUT2D eigenvalue weighted by Gasteiger charge is 2.11. The number of hydrogen-bond donors (Lipinski definition) is 2. The summed E-state index contributed by atoms with van der Waals surface area (Å²) in [4.78, 5) is 22.1. The monoisotopic (exact) mass is 326 g/mol. The largest absolute Gasteiger partial charge is 0.374 e. The van der Waals surface area contributed by atoms with Crippen molar-refractivity contribution in [2.24, 2.45) is 5.10 Å². The van der Waals surface area contributed by atoms with Crippen molar-refractivity contribution in [1.29, 1.82) is 0 Å². The van der Waals surface area contributed by atoms with Crippen molar-refractivity contribution in [2.45, 2.75) is 19.9 Å². The van der Waals surface area contributed by atoms with Gasteiger partial charge < -0.3 is 5.32 Å². The van der Waals surface area contributed by atoms with Crippen LogP contribution in [-0.4, -0.2) is 23.1 Å². The number of amides is 1. The maximum Gasteiger partial charge on any atom is 0.269 e. The maximum absolute atomic E-state index is 12.0. The summed E-state index contributed by atoms with van der Waals surface area (Å²) < 4.78 is 0. The second-order valence-corrected chi connectivity index (χ2v) is 5.31. The van der Waals surface area contributed by atoms with Crippen LogP contribution in [0.25, 0.3) is 0 Å². The van der Waals surface area contributed by atoms with Gasteiger partial charge in [-0.1, -0.05) is 17.7 Å². The Morgan fingerprint density at radius 1 is 1.17 bits per heavy atom. The third-order valence-electron chi connectivity index (χ3n) is 3.32. The molecule has 124 valence electrons. The van der Waals surface area contributed by atoms with Crippen LogP contribution in [0.3, 0.4) is 0 Å². The average Bonchev–Trinajstić information content (AvgIpc) is 2.57. The van der Waals surface area contributed by atoms with Crippen molar-refractivity contribution in [2.75, 3.05) is 5.32 Å². The minimum Gasteiger partial charge on any atom is -0.374 e. The van der Waals surface area contributed by atoms with Gasteiger partial charge in [0.15, 0.2) is 0 Å². The van der Waals surface area contributed by atoms with Crippen molar-refractivity contribution >= 4 is 23.5 Å². The number of rotatable bonds is 6. The van der Waals surface area contributed by atoms with Crippen molar-refractivity contribution < 1.29 is 9.72 Å². The number of carbonyl (C=O) groups excluding carboxylic acids is 1. The lowest BCUT2D eigenvalue weighted by molar-refractivity contribution is -0.384. The first-order chi connectivity index (χ1) is 11.5. The van der Waals surface area contributed by atoms with E-state index in [1.165, 1.54) is 18.3 Å². The van der Waals surface area contributed by atoms with Crippen molar-refractivity contribution in [3.8, 4) is 0 Å². The molecule has 0 bridgehead atoms. The van der Waals surface area contributed by atoms with Gasteiger partial charge in [-0.05, 0) is 43.7 Å². The third kappa shape index (κ3) is 4.91. The molecule has 0 heterocycles. The number of anilines is 1. The first-order valence-electron chi connectivity index (χ1n) is 7.36. The number of non-ortho nitro benzene ring substituents is 1. The molecule has 1 unspecified atom stereocenters. The summed E-state index contributed by atoms with van der Waals surface area (Å²) in [6, 6.07) is 13.1. The van der Waals surface area contributed by atoms with Crippen LogP contribution in [0.4, 0.5) is 11.4 Å². The second-order valence-electron chi connectivity index (χ2n) is 5.31. The van der Waals surface area contributed by atoms with E-state index in [2.05, 4.69) is 15.8 Å². The minimum absolute atomic E-state index is 0.00658. The number of nitro benzene ring substituents is 1. The highest BCUT2D eigenvalue weighted by atomic mass is 16.6. The number of nitrogens with one attached hydrogen (secondary N) is 2. The van der Waals surface area contributed by atoms with Crippen LogP contribution >= 0.6 is 0 Å². The zero-order valence-electron chi connectivity index (χ0n) is 13.4. The van der Waals surface area contributed by atoms with Crippen LogP contribution in [0, 0.1) is 17.0 Å². The number of nitrogens with zero attached hydrogens (tertiary/aromatic N) is 2. The normalized spacial score (nSPS) is 11.9. The predicted molar refractivity (Wildman–Crippen MR) is 93.1 cm³/mol. The molecule has 0 fully saturated rings. The lowest BCUT2D eigenvalue weighted by atomic mass is 10.2. The van der Waals surface area contributed by atoms with Crippen LogP contribution in [0.2, 0.25) is 0 Å². The lowest BCUT2D eigenvalue weighted by Gasteiger charge is -2.13. The summed E-state index contributed by atoms with van der Waals surface area (Å²) in [5.41, 5.74) is 5.09. The van der Waals surface area contributed by atoms with Gasteiger partial charge in [-0.15, -0.1) is 0 Å². The molecule has 2 N–H and O–H groups in total. The summed E-state index contributed by atoms with van der Waals surface area (Å²) in [6.45, 7) is 3.73. The summed E-state index contributed by atoms with van der Waals surface area (Å²) in [7, 11) is 0. The van der Waals surface area contributed by atoms with Gasteiger partial charge in [-0.2, -0.15) is 5.10 Å². The SMILES string of the molecule is Cc1ccc(NC(C)C(=O)N/N=C/c2ccc([N+](=O)[O-])cc2)cc1. The van der Waals surface area contributed by atoms with Gasteiger partial charge >= 0.3 is 0 Å². The molecule has 0 spiro atoms. The van der Waals surface area contributed by atoms with Gasteiger partial charge in [0.25, 0.3) is 11.6 Å². The summed E-state index contributed by atoms with van der Waals surface area (Å²) >= 11 is 0. The van der Waals surface area contributed by atoms with Gasteiger partial charge in [-0.3, -0.25) is 14.9 Å². The fraction of sp³-hybridized carbons (Fsp3) is 0.176. The molecule has 0 aliphatic heterocycles. The fourth-order valence-electron chi connectivity index (χ4n) is 1.91. The second kappa shape index (κ2) is 7.87. The molecular weight excluding hydrogens is 308 g/mol. The molecule has 0 saturated carbocycles. The van der Waals surface area contributed by atoms with Gasteiger partial charge in [0.1, 0.15) is 6.04 Å². The van der Waals surface area contributed by atoms with E-state index < -0.39 is 11.0 Å². The first-order valence-corrected chi connectivity index (χ1v) is 7.36. The number of hydrazone groups is 1.